The molecule has 0 amide bonds. The molecule has 0 saturated carbocycles. The maximum Gasteiger partial charge on any atom is 0.118 e. The van der Waals surface area contributed by atoms with Crippen LogP contribution in [0.3, 0.4) is 0 Å². The Morgan fingerprint density at radius 3 is 1.79 bits per heavy atom. The minimum Gasteiger partial charge on any atom is -0.497 e. The van der Waals surface area contributed by atoms with Crippen LogP contribution in [-0.4, -0.2) is 7.11 Å². The molecule has 0 aromatic heterocycles. The van der Waals surface area contributed by atoms with Crippen molar-refractivity contribution < 1.29 is 4.74 Å². The first kappa shape index (κ1) is 15.7. The Hall–Kier alpha value is -1.32. The van der Waals surface area contributed by atoms with Crippen molar-refractivity contribution in [2.75, 3.05) is 7.11 Å². The lowest BCUT2D eigenvalue weighted by molar-refractivity contribution is 0.414. The van der Waals surface area contributed by atoms with Crippen LogP contribution >= 0.6 is 17.0 Å². The smallest absolute Gasteiger partial charge is 0.118 e. The first-order valence-electron chi connectivity index (χ1n) is 6.17. The van der Waals surface area contributed by atoms with Crippen LogP contribution in [0.1, 0.15) is 16.7 Å². The average molecular weight is 322 g/mol. The van der Waals surface area contributed by atoms with Gasteiger partial charge in [0.15, 0.2) is 0 Å². The van der Waals surface area contributed by atoms with Gasteiger partial charge in [0.2, 0.25) is 0 Å². The van der Waals surface area contributed by atoms with Gasteiger partial charge in [0.1, 0.15) is 5.75 Å². The molecular formula is C16H20BrNO. The molecule has 0 saturated heterocycles. The van der Waals surface area contributed by atoms with Crippen molar-refractivity contribution in [2.45, 2.75) is 20.0 Å². The van der Waals surface area contributed by atoms with Crippen LogP contribution < -0.4 is 10.1 Å². The predicted molar refractivity (Wildman–Crippen MR) is 85.0 cm³/mol. The molecule has 0 aliphatic carbocycles. The Morgan fingerprint density at radius 1 is 0.842 bits per heavy atom. The molecule has 0 heterocycles. The Bertz CT molecular complexity index is 479. The monoisotopic (exact) mass is 321 g/mol. The second kappa shape index (κ2) is 7.97. The van der Waals surface area contributed by atoms with E-state index in [0.29, 0.717) is 0 Å². The molecule has 2 aromatic carbocycles. The molecule has 0 spiro atoms. The fourth-order valence-electron chi connectivity index (χ4n) is 1.80. The summed E-state index contributed by atoms with van der Waals surface area (Å²) in [6.45, 7) is 3.87. The van der Waals surface area contributed by atoms with Crippen molar-refractivity contribution in [3.8, 4) is 5.75 Å². The second-order valence-electron chi connectivity index (χ2n) is 4.44. The van der Waals surface area contributed by atoms with E-state index >= 15 is 0 Å². The highest BCUT2D eigenvalue weighted by atomic mass is 79.9. The number of methoxy groups -OCH3 is 1. The van der Waals surface area contributed by atoms with Crippen molar-refractivity contribution in [3.63, 3.8) is 0 Å². The van der Waals surface area contributed by atoms with Crippen molar-refractivity contribution in [1.82, 2.24) is 5.32 Å². The summed E-state index contributed by atoms with van der Waals surface area (Å²) < 4.78 is 5.13. The number of benzene rings is 2. The largest absolute Gasteiger partial charge is 0.497 e. The van der Waals surface area contributed by atoms with E-state index in [1.54, 1.807) is 7.11 Å². The van der Waals surface area contributed by atoms with Crippen LogP contribution in [-0.2, 0) is 13.1 Å². The highest BCUT2D eigenvalue weighted by Crippen LogP contribution is 2.11. The lowest BCUT2D eigenvalue weighted by atomic mass is 10.1. The van der Waals surface area contributed by atoms with E-state index in [-0.39, 0.29) is 17.0 Å². The standard InChI is InChI=1S/C16H19NO.BrH/c1-13-3-5-14(6-4-13)11-17-12-15-7-9-16(18-2)10-8-15;/h3-10,17H,11-12H2,1-2H3;1H. The van der Waals surface area contributed by atoms with Gasteiger partial charge >= 0.3 is 0 Å². The summed E-state index contributed by atoms with van der Waals surface area (Å²) in [5.74, 6) is 0.900. The molecule has 2 nitrogen and oxygen atoms in total. The molecule has 2 aromatic rings. The molecule has 0 aliphatic heterocycles. The van der Waals surface area contributed by atoms with Gasteiger partial charge in [0.25, 0.3) is 0 Å². The maximum atomic E-state index is 5.13. The molecule has 0 aliphatic rings. The fourth-order valence-corrected chi connectivity index (χ4v) is 1.80. The van der Waals surface area contributed by atoms with E-state index in [4.69, 9.17) is 4.74 Å². The van der Waals surface area contributed by atoms with Gasteiger partial charge in [-0.2, -0.15) is 0 Å². The van der Waals surface area contributed by atoms with Crippen LogP contribution in [0.2, 0.25) is 0 Å². The zero-order chi connectivity index (χ0) is 12.8. The minimum atomic E-state index is 0. The van der Waals surface area contributed by atoms with E-state index in [0.717, 1.165) is 18.8 Å². The maximum absolute atomic E-state index is 5.13. The van der Waals surface area contributed by atoms with Crippen LogP contribution in [0.4, 0.5) is 0 Å². The fraction of sp³-hybridized carbons (Fsp3) is 0.250. The van der Waals surface area contributed by atoms with Crippen LogP contribution in [0.5, 0.6) is 5.75 Å². The van der Waals surface area contributed by atoms with E-state index in [1.807, 2.05) is 12.1 Å². The molecule has 0 fully saturated rings. The molecular weight excluding hydrogens is 302 g/mol. The summed E-state index contributed by atoms with van der Waals surface area (Å²) in [4.78, 5) is 0. The molecule has 102 valence electrons. The number of rotatable bonds is 5. The number of hydrogen-bond donors (Lipinski definition) is 1. The summed E-state index contributed by atoms with van der Waals surface area (Å²) >= 11 is 0. The quantitative estimate of drug-likeness (QED) is 0.902. The Morgan fingerprint density at radius 2 is 1.32 bits per heavy atom. The van der Waals surface area contributed by atoms with Crippen LogP contribution in [0.25, 0.3) is 0 Å². The summed E-state index contributed by atoms with van der Waals surface area (Å²) in [5.41, 5.74) is 3.88. The Labute approximate surface area is 125 Å². The zero-order valence-electron chi connectivity index (χ0n) is 11.3. The normalized spacial score (nSPS) is 9.79. The van der Waals surface area contributed by atoms with E-state index in [1.165, 1.54) is 16.7 Å². The van der Waals surface area contributed by atoms with Gasteiger partial charge < -0.3 is 10.1 Å². The molecule has 1 N–H and O–H groups in total. The van der Waals surface area contributed by atoms with Gasteiger partial charge in [-0.1, -0.05) is 42.0 Å². The third-order valence-electron chi connectivity index (χ3n) is 2.94. The van der Waals surface area contributed by atoms with Gasteiger partial charge in [0.05, 0.1) is 7.11 Å². The lowest BCUT2D eigenvalue weighted by Gasteiger charge is -2.06. The average Bonchev–Trinajstić information content (AvgIpc) is 2.42. The lowest BCUT2D eigenvalue weighted by Crippen LogP contribution is -2.12. The molecule has 19 heavy (non-hydrogen) atoms. The third-order valence-corrected chi connectivity index (χ3v) is 2.94. The molecule has 2 rings (SSSR count). The van der Waals surface area contributed by atoms with Gasteiger partial charge in [-0.3, -0.25) is 0 Å². The highest BCUT2D eigenvalue weighted by molar-refractivity contribution is 8.93. The summed E-state index contributed by atoms with van der Waals surface area (Å²) in [5, 5.41) is 3.43. The molecule has 0 radical (unpaired) electrons. The van der Waals surface area contributed by atoms with Crippen molar-refractivity contribution in [3.05, 3.63) is 65.2 Å². The minimum absolute atomic E-state index is 0. The summed E-state index contributed by atoms with van der Waals surface area (Å²) in [6.07, 6.45) is 0. The predicted octanol–water partition coefficient (Wildman–Crippen LogP) is 3.87. The summed E-state index contributed by atoms with van der Waals surface area (Å²) in [6, 6.07) is 16.8. The number of ether oxygens (including phenoxy) is 1. The van der Waals surface area contributed by atoms with Crippen molar-refractivity contribution in [2.24, 2.45) is 0 Å². The Kier molecular flexibility index (Phi) is 6.60. The van der Waals surface area contributed by atoms with Gasteiger partial charge in [-0.15, -0.1) is 17.0 Å². The topological polar surface area (TPSA) is 21.3 Å². The SMILES string of the molecule is Br.COc1ccc(CNCc2ccc(C)cc2)cc1. The number of aryl methyl sites for hydroxylation is 1. The van der Waals surface area contributed by atoms with Gasteiger partial charge in [0, 0.05) is 13.1 Å². The first-order valence-corrected chi connectivity index (χ1v) is 6.17. The van der Waals surface area contributed by atoms with Gasteiger partial charge in [-0.25, -0.2) is 0 Å². The molecule has 3 heteroatoms. The molecule has 0 bridgehead atoms. The van der Waals surface area contributed by atoms with Crippen LogP contribution in [0, 0.1) is 6.92 Å². The molecule has 0 unspecified atom stereocenters. The van der Waals surface area contributed by atoms with Crippen molar-refractivity contribution >= 4 is 17.0 Å². The highest BCUT2D eigenvalue weighted by Gasteiger charge is 1.95. The van der Waals surface area contributed by atoms with E-state index < -0.39 is 0 Å². The van der Waals surface area contributed by atoms with Crippen molar-refractivity contribution in [1.29, 1.82) is 0 Å². The second-order valence-corrected chi connectivity index (χ2v) is 4.44. The van der Waals surface area contributed by atoms with E-state index in [2.05, 4.69) is 48.6 Å². The number of halogens is 1. The molecule has 0 atom stereocenters. The number of nitrogens with one attached hydrogen (secondary N) is 1. The third kappa shape index (κ3) is 5.05. The first-order chi connectivity index (χ1) is 8.78. The zero-order valence-corrected chi connectivity index (χ0v) is 13.1. The Balaban J connectivity index is 0.00000180. The van der Waals surface area contributed by atoms with E-state index in [9.17, 15) is 0 Å². The van der Waals surface area contributed by atoms with Gasteiger partial charge in [-0.05, 0) is 30.2 Å². The van der Waals surface area contributed by atoms with Crippen LogP contribution in [0.15, 0.2) is 48.5 Å². The summed E-state index contributed by atoms with van der Waals surface area (Å²) in [7, 11) is 1.69. The number of hydrogen-bond acceptors (Lipinski definition) is 2.